The van der Waals surface area contributed by atoms with Gasteiger partial charge >= 0.3 is 6.18 Å². The average molecular weight is 420 g/mol. The third-order valence-corrected chi connectivity index (χ3v) is 6.25. The van der Waals surface area contributed by atoms with Gasteiger partial charge in [-0.15, -0.1) is 0 Å². The van der Waals surface area contributed by atoms with Gasteiger partial charge in [0.2, 0.25) is 15.8 Å². The third kappa shape index (κ3) is 3.75. The number of halogens is 4. The van der Waals surface area contributed by atoms with Gasteiger partial charge in [0, 0.05) is 12.1 Å². The van der Waals surface area contributed by atoms with E-state index < -0.39 is 32.6 Å². The number of aromatic nitrogens is 2. The minimum Gasteiger partial charge on any atom is -0.363 e. The molecule has 0 spiro atoms. The number of nitrogens with two attached hydrogens (primary N) is 1. The van der Waals surface area contributed by atoms with Crippen LogP contribution in [-0.2, 0) is 29.2 Å². The molecule has 3 rings (SSSR count). The van der Waals surface area contributed by atoms with Gasteiger partial charge in [-0.1, -0.05) is 11.6 Å². The van der Waals surface area contributed by atoms with Crippen LogP contribution in [0, 0.1) is 6.20 Å². The molecule has 12 heteroatoms. The fraction of sp³-hybridized carbons (Fsp3) is 0.267. The first-order valence-electron chi connectivity index (χ1n) is 7.44. The Bertz CT molecular complexity index is 1030. The highest BCUT2D eigenvalue weighted by molar-refractivity contribution is 7.89. The molecule has 1 amide bonds. The molecule has 0 saturated heterocycles. The van der Waals surface area contributed by atoms with Crippen LogP contribution >= 0.6 is 11.6 Å². The highest BCUT2D eigenvalue weighted by atomic mass is 35.5. The molecule has 1 radical (unpaired) electrons. The first kappa shape index (κ1) is 19.5. The SMILES string of the molecule is NC(=O)c1n[c]c2c(n1)CN(S(=O)(=O)c1cc(C(F)(F)F)ccc1Cl)CC2. The highest BCUT2D eigenvalue weighted by Gasteiger charge is 2.35. The predicted molar refractivity (Wildman–Crippen MR) is 87.1 cm³/mol. The van der Waals surface area contributed by atoms with Gasteiger partial charge in [0.1, 0.15) is 4.90 Å². The topological polar surface area (TPSA) is 106 Å². The van der Waals surface area contributed by atoms with E-state index in [0.29, 0.717) is 17.7 Å². The summed E-state index contributed by atoms with van der Waals surface area (Å²) in [6.45, 7) is -0.304. The normalized spacial score (nSPS) is 15.4. The van der Waals surface area contributed by atoms with E-state index in [1.54, 1.807) is 0 Å². The summed E-state index contributed by atoms with van der Waals surface area (Å²) >= 11 is 5.85. The maximum absolute atomic E-state index is 12.9. The zero-order valence-corrected chi connectivity index (χ0v) is 15.0. The van der Waals surface area contributed by atoms with Crippen LogP contribution in [0.1, 0.15) is 27.4 Å². The number of benzene rings is 1. The highest BCUT2D eigenvalue weighted by Crippen LogP contribution is 2.35. The molecule has 0 bridgehead atoms. The van der Waals surface area contributed by atoms with Crippen LogP contribution in [0.3, 0.4) is 0 Å². The summed E-state index contributed by atoms with van der Waals surface area (Å²) < 4.78 is 65.4. The first-order valence-corrected chi connectivity index (χ1v) is 9.26. The van der Waals surface area contributed by atoms with Crippen LogP contribution in [0.15, 0.2) is 23.1 Å². The number of hydrogen-bond acceptors (Lipinski definition) is 5. The van der Waals surface area contributed by atoms with E-state index in [0.717, 1.165) is 10.4 Å². The van der Waals surface area contributed by atoms with Crippen molar-refractivity contribution in [3.8, 4) is 0 Å². The van der Waals surface area contributed by atoms with E-state index in [1.807, 2.05) is 0 Å². The Hall–Kier alpha value is -2.24. The van der Waals surface area contributed by atoms with E-state index >= 15 is 0 Å². The molecule has 27 heavy (non-hydrogen) atoms. The predicted octanol–water partition coefficient (Wildman–Crippen LogP) is 1.79. The zero-order chi connectivity index (χ0) is 20.0. The Morgan fingerprint density at radius 1 is 1.33 bits per heavy atom. The van der Waals surface area contributed by atoms with E-state index in [-0.39, 0.29) is 36.1 Å². The molecular weight excluding hydrogens is 409 g/mol. The molecule has 0 unspecified atom stereocenters. The maximum atomic E-state index is 12.9. The van der Waals surface area contributed by atoms with Crippen LogP contribution in [0.5, 0.6) is 0 Å². The molecule has 0 aliphatic carbocycles. The van der Waals surface area contributed by atoms with Gasteiger partial charge < -0.3 is 5.73 Å². The Morgan fingerprint density at radius 3 is 2.67 bits per heavy atom. The monoisotopic (exact) mass is 419 g/mol. The molecule has 2 N–H and O–H groups in total. The van der Waals surface area contributed by atoms with Crippen molar-refractivity contribution in [1.82, 2.24) is 14.3 Å². The minimum atomic E-state index is -4.72. The fourth-order valence-corrected chi connectivity index (χ4v) is 4.45. The van der Waals surface area contributed by atoms with E-state index in [9.17, 15) is 26.4 Å². The van der Waals surface area contributed by atoms with Crippen LogP contribution < -0.4 is 5.73 Å². The number of fused-ring (bicyclic) bond motifs is 1. The van der Waals surface area contributed by atoms with Crippen molar-refractivity contribution in [1.29, 1.82) is 0 Å². The lowest BCUT2D eigenvalue weighted by Gasteiger charge is -2.27. The fourth-order valence-electron chi connectivity index (χ4n) is 2.55. The quantitative estimate of drug-likeness (QED) is 0.816. The molecule has 143 valence electrons. The van der Waals surface area contributed by atoms with Gasteiger partial charge in [0.25, 0.3) is 5.91 Å². The zero-order valence-electron chi connectivity index (χ0n) is 13.4. The van der Waals surface area contributed by atoms with Gasteiger partial charge in [-0.3, -0.25) is 4.79 Å². The summed E-state index contributed by atoms with van der Waals surface area (Å²) in [5, 5.41) is -0.333. The summed E-state index contributed by atoms with van der Waals surface area (Å²) in [5.74, 6) is -1.24. The molecule has 2 aromatic rings. The van der Waals surface area contributed by atoms with Crippen LogP contribution in [-0.4, -0.2) is 35.1 Å². The van der Waals surface area contributed by atoms with Gasteiger partial charge in [0.05, 0.1) is 29.0 Å². The molecule has 1 aliphatic heterocycles. The number of rotatable bonds is 3. The first-order chi connectivity index (χ1) is 12.5. The van der Waals surface area contributed by atoms with Crippen LogP contribution in [0.2, 0.25) is 5.02 Å². The van der Waals surface area contributed by atoms with E-state index in [4.69, 9.17) is 17.3 Å². The van der Waals surface area contributed by atoms with Crippen molar-refractivity contribution in [2.45, 2.75) is 24.0 Å². The van der Waals surface area contributed by atoms with Crippen molar-refractivity contribution in [3.05, 3.63) is 52.1 Å². The molecule has 0 fully saturated rings. The standard InChI is InChI=1S/C15H11ClF3N4O3S/c16-10-2-1-9(15(17,18)19)5-12(10)27(25,26)23-4-3-8-6-21-14(13(20)24)22-11(8)7-23/h1-2,5H,3-4,7H2,(H2,20,24). The minimum absolute atomic E-state index is 0.0301. The summed E-state index contributed by atoms with van der Waals surface area (Å²) in [5.41, 5.74) is 4.67. The summed E-state index contributed by atoms with van der Waals surface area (Å²) in [6, 6.07) is 2.08. The lowest BCUT2D eigenvalue weighted by molar-refractivity contribution is -0.137. The van der Waals surface area contributed by atoms with Gasteiger partial charge in [0.15, 0.2) is 0 Å². The summed E-state index contributed by atoms with van der Waals surface area (Å²) in [4.78, 5) is 18.1. The number of alkyl halides is 3. The number of primary amides is 1. The largest absolute Gasteiger partial charge is 0.416 e. The Labute approximate surface area is 157 Å². The molecule has 0 saturated carbocycles. The molecule has 7 nitrogen and oxygen atoms in total. The number of amides is 1. The second-order valence-electron chi connectivity index (χ2n) is 5.68. The van der Waals surface area contributed by atoms with Crippen molar-refractivity contribution in [3.63, 3.8) is 0 Å². The number of carbonyl (C=O) groups is 1. The van der Waals surface area contributed by atoms with Crippen LogP contribution in [0.25, 0.3) is 0 Å². The van der Waals surface area contributed by atoms with E-state index in [1.165, 1.54) is 0 Å². The summed E-state index contributed by atoms with van der Waals surface area (Å²) in [7, 11) is -4.34. The second kappa shape index (κ2) is 6.73. The van der Waals surface area contributed by atoms with Gasteiger partial charge in [-0.25, -0.2) is 18.4 Å². The maximum Gasteiger partial charge on any atom is 0.416 e. The van der Waals surface area contributed by atoms with Crippen molar-refractivity contribution >= 4 is 27.5 Å². The number of hydrogen-bond donors (Lipinski definition) is 1. The Balaban J connectivity index is 2.00. The second-order valence-corrected chi connectivity index (χ2v) is 7.99. The average Bonchev–Trinajstić information content (AvgIpc) is 2.59. The number of carbonyl (C=O) groups excluding carboxylic acids is 1. The number of nitrogens with zero attached hydrogens (tertiary/aromatic N) is 3. The molecule has 2 heterocycles. The molecular formula is C15H11ClF3N4O3S. The molecule has 1 aromatic carbocycles. The molecule has 0 atom stereocenters. The number of sulfonamides is 1. The molecule has 1 aliphatic rings. The summed E-state index contributed by atoms with van der Waals surface area (Å²) in [6.07, 6.45) is -1.97. The van der Waals surface area contributed by atoms with E-state index in [2.05, 4.69) is 16.2 Å². The Kier molecular flexibility index (Phi) is 4.87. The molecule has 1 aromatic heterocycles. The lowest BCUT2D eigenvalue weighted by atomic mass is 10.1. The Morgan fingerprint density at radius 2 is 2.04 bits per heavy atom. The van der Waals surface area contributed by atoms with Gasteiger partial charge in [-0.05, 0) is 24.6 Å². The smallest absolute Gasteiger partial charge is 0.363 e. The lowest BCUT2D eigenvalue weighted by Crippen LogP contribution is -2.37. The third-order valence-electron chi connectivity index (χ3n) is 3.92. The van der Waals surface area contributed by atoms with Crippen LogP contribution in [0.4, 0.5) is 13.2 Å². The van der Waals surface area contributed by atoms with Crippen molar-refractivity contribution in [2.24, 2.45) is 5.73 Å². The van der Waals surface area contributed by atoms with Gasteiger partial charge in [-0.2, -0.15) is 17.5 Å². The van der Waals surface area contributed by atoms with Crippen molar-refractivity contribution in [2.75, 3.05) is 6.54 Å². The van der Waals surface area contributed by atoms with Crippen molar-refractivity contribution < 1.29 is 26.4 Å².